The second-order valence-electron chi connectivity index (χ2n) is 5.85. The zero-order valence-corrected chi connectivity index (χ0v) is 13.6. The Balaban J connectivity index is 1.75. The van der Waals surface area contributed by atoms with Gasteiger partial charge in [0.1, 0.15) is 11.3 Å². The third kappa shape index (κ3) is 2.59. The number of nitrogens with zero attached hydrogens (tertiary/aromatic N) is 4. The van der Waals surface area contributed by atoms with E-state index in [1.165, 1.54) is 18.2 Å². The smallest absolute Gasteiger partial charge is 0.258 e. The van der Waals surface area contributed by atoms with E-state index in [-0.39, 0.29) is 11.5 Å². The molecule has 0 fully saturated rings. The monoisotopic (exact) mass is 335 g/mol. The van der Waals surface area contributed by atoms with Gasteiger partial charge in [-0.05, 0) is 37.3 Å². The van der Waals surface area contributed by atoms with Crippen molar-refractivity contribution in [3.8, 4) is 0 Å². The standard InChI is InChI=1S/C18H14FN5O/c1-10-6-7-14-13(8-10)15-16(24(14)2)20-18(23-22-15)21-17(25)11-4-3-5-12(19)9-11/h3-9H,1-2H3,(H,20,21,23,25). The molecule has 6 nitrogen and oxygen atoms in total. The molecule has 1 amide bonds. The van der Waals surface area contributed by atoms with Gasteiger partial charge in [-0.3, -0.25) is 10.1 Å². The van der Waals surface area contributed by atoms with Gasteiger partial charge in [0, 0.05) is 18.0 Å². The van der Waals surface area contributed by atoms with Crippen LogP contribution in [0.3, 0.4) is 0 Å². The first kappa shape index (κ1) is 15.2. The van der Waals surface area contributed by atoms with Crippen molar-refractivity contribution in [1.29, 1.82) is 0 Å². The Morgan fingerprint density at radius 2 is 2.00 bits per heavy atom. The largest absolute Gasteiger partial charge is 0.327 e. The molecule has 0 aliphatic rings. The molecule has 4 rings (SSSR count). The van der Waals surface area contributed by atoms with Crippen LogP contribution < -0.4 is 5.32 Å². The maximum atomic E-state index is 13.3. The number of anilines is 1. The molecule has 4 aromatic rings. The van der Waals surface area contributed by atoms with Crippen LogP contribution in [0.15, 0.2) is 42.5 Å². The molecule has 25 heavy (non-hydrogen) atoms. The Hall–Kier alpha value is -3.35. The zero-order chi connectivity index (χ0) is 17.6. The number of hydrogen-bond acceptors (Lipinski definition) is 4. The summed E-state index contributed by atoms with van der Waals surface area (Å²) in [6, 6.07) is 11.5. The summed E-state index contributed by atoms with van der Waals surface area (Å²) in [6.07, 6.45) is 0. The van der Waals surface area contributed by atoms with Gasteiger partial charge in [0.05, 0.1) is 5.52 Å². The molecule has 2 aromatic carbocycles. The second kappa shape index (κ2) is 5.62. The lowest BCUT2D eigenvalue weighted by Crippen LogP contribution is -2.15. The van der Waals surface area contributed by atoms with Gasteiger partial charge in [-0.2, -0.15) is 4.98 Å². The SMILES string of the molecule is Cc1ccc2c(c1)c1nnc(NC(=O)c3cccc(F)c3)nc1n2C. The third-order valence-corrected chi connectivity index (χ3v) is 4.07. The van der Waals surface area contributed by atoms with E-state index in [2.05, 4.69) is 20.5 Å². The molecule has 0 spiro atoms. The number of benzene rings is 2. The fourth-order valence-corrected chi connectivity index (χ4v) is 2.83. The van der Waals surface area contributed by atoms with E-state index < -0.39 is 11.7 Å². The molecule has 124 valence electrons. The van der Waals surface area contributed by atoms with Crippen molar-refractivity contribution in [2.24, 2.45) is 7.05 Å². The van der Waals surface area contributed by atoms with Crippen LogP contribution in [0.25, 0.3) is 22.1 Å². The van der Waals surface area contributed by atoms with E-state index in [0.29, 0.717) is 11.2 Å². The molecule has 0 aliphatic heterocycles. The lowest BCUT2D eigenvalue weighted by Gasteiger charge is -2.03. The summed E-state index contributed by atoms with van der Waals surface area (Å²) in [6.45, 7) is 2.01. The molecule has 2 heterocycles. The molecule has 2 aromatic heterocycles. The summed E-state index contributed by atoms with van der Waals surface area (Å²) in [7, 11) is 1.88. The van der Waals surface area contributed by atoms with Gasteiger partial charge in [-0.25, -0.2) is 4.39 Å². The predicted molar refractivity (Wildman–Crippen MR) is 92.9 cm³/mol. The maximum Gasteiger partial charge on any atom is 0.258 e. The summed E-state index contributed by atoms with van der Waals surface area (Å²) in [5, 5.41) is 11.7. The first-order chi connectivity index (χ1) is 12.0. The van der Waals surface area contributed by atoms with Gasteiger partial charge < -0.3 is 4.57 Å². The average molecular weight is 335 g/mol. The van der Waals surface area contributed by atoms with Crippen LogP contribution in [0, 0.1) is 12.7 Å². The van der Waals surface area contributed by atoms with Crippen LogP contribution in [0.5, 0.6) is 0 Å². The van der Waals surface area contributed by atoms with Crippen LogP contribution in [-0.4, -0.2) is 25.7 Å². The first-order valence-corrected chi connectivity index (χ1v) is 7.69. The topological polar surface area (TPSA) is 72.7 Å². The molecule has 0 radical (unpaired) electrons. The number of fused-ring (bicyclic) bond motifs is 3. The number of nitrogens with one attached hydrogen (secondary N) is 1. The van der Waals surface area contributed by atoms with Gasteiger partial charge in [0.25, 0.3) is 11.9 Å². The van der Waals surface area contributed by atoms with Crippen molar-refractivity contribution < 1.29 is 9.18 Å². The van der Waals surface area contributed by atoms with Gasteiger partial charge in [-0.1, -0.05) is 17.7 Å². The normalized spacial score (nSPS) is 11.2. The summed E-state index contributed by atoms with van der Waals surface area (Å²) >= 11 is 0. The average Bonchev–Trinajstić information content (AvgIpc) is 2.87. The minimum Gasteiger partial charge on any atom is -0.327 e. The summed E-state index contributed by atoms with van der Waals surface area (Å²) < 4.78 is 15.2. The highest BCUT2D eigenvalue weighted by molar-refractivity contribution is 6.06. The van der Waals surface area contributed by atoms with Gasteiger partial charge in [-0.15, -0.1) is 10.2 Å². The molecule has 7 heteroatoms. The highest BCUT2D eigenvalue weighted by Crippen LogP contribution is 2.26. The Labute approximate surface area is 142 Å². The van der Waals surface area contributed by atoms with Gasteiger partial charge >= 0.3 is 0 Å². The number of carbonyl (C=O) groups excluding carboxylic acids is 1. The van der Waals surface area contributed by atoms with E-state index in [0.717, 1.165) is 22.5 Å². The van der Waals surface area contributed by atoms with Crippen LogP contribution >= 0.6 is 0 Å². The number of aryl methyl sites for hydroxylation is 2. The molecular weight excluding hydrogens is 321 g/mol. The maximum absolute atomic E-state index is 13.3. The van der Waals surface area contributed by atoms with E-state index in [1.807, 2.05) is 36.7 Å². The minimum atomic E-state index is -0.491. The van der Waals surface area contributed by atoms with Crippen molar-refractivity contribution in [3.05, 3.63) is 59.4 Å². The lowest BCUT2D eigenvalue weighted by atomic mass is 10.2. The summed E-state index contributed by atoms with van der Waals surface area (Å²) in [4.78, 5) is 16.6. The predicted octanol–water partition coefficient (Wildman–Crippen LogP) is 3.22. The summed E-state index contributed by atoms with van der Waals surface area (Å²) in [5.41, 5.74) is 3.58. The third-order valence-electron chi connectivity index (χ3n) is 4.07. The molecule has 1 N–H and O–H groups in total. The van der Waals surface area contributed by atoms with Gasteiger partial charge in [0.15, 0.2) is 5.65 Å². The molecule has 0 saturated heterocycles. The molecule has 0 atom stereocenters. The highest BCUT2D eigenvalue weighted by Gasteiger charge is 2.14. The Morgan fingerprint density at radius 1 is 1.16 bits per heavy atom. The van der Waals surface area contributed by atoms with E-state index in [4.69, 9.17) is 0 Å². The Morgan fingerprint density at radius 3 is 2.80 bits per heavy atom. The van der Waals surface area contributed by atoms with Crippen LogP contribution in [0.4, 0.5) is 10.3 Å². The molecule has 0 saturated carbocycles. The molecular formula is C18H14FN5O. The number of amides is 1. The van der Waals surface area contributed by atoms with Gasteiger partial charge in [0.2, 0.25) is 0 Å². The highest BCUT2D eigenvalue weighted by atomic mass is 19.1. The summed E-state index contributed by atoms with van der Waals surface area (Å²) in [5.74, 6) is -0.897. The molecule has 0 aliphatic carbocycles. The van der Waals surface area contributed by atoms with Crippen molar-refractivity contribution in [2.45, 2.75) is 6.92 Å². The fourth-order valence-electron chi connectivity index (χ4n) is 2.83. The molecule has 0 unspecified atom stereocenters. The lowest BCUT2D eigenvalue weighted by molar-refractivity contribution is 0.102. The van der Waals surface area contributed by atoms with Crippen LogP contribution in [-0.2, 0) is 7.05 Å². The molecule has 0 bridgehead atoms. The minimum absolute atomic E-state index is 0.0735. The van der Waals surface area contributed by atoms with Crippen molar-refractivity contribution in [3.63, 3.8) is 0 Å². The number of aromatic nitrogens is 4. The zero-order valence-electron chi connectivity index (χ0n) is 13.6. The Bertz CT molecular complexity index is 1140. The van der Waals surface area contributed by atoms with Crippen LogP contribution in [0.1, 0.15) is 15.9 Å². The van der Waals surface area contributed by atoms with Crippen molar-refractivity contribution >= 4 is 33.9 Å². The Kier molecular flexibility index (Phi) is 3.42. The quantitative estimate of drug-likeness (QED) is 0.610. The number of carbonyl (C=O) groups is 1. The van der Waals surface area contributed by atoms with Crippen LogP contribution in [0.2, 0.25) is 0 Å². The fraction of sp³-hybridized carbons (Fsp3) is 0.111. The van der Waals surface area contributed by atoms with E-state index in [9.17, 15) is 9.18 Å². The number of rotatable bonds is 2. The van der Waals surface area contributed by atoms with Crippen molar-refractivity contribution in [1.82, 2.24) is 19.7 Å². The van der Waals surface area contributed by atoms with Crippen molar-refractivity contribution in [2.75, 3.05) is 5.32 Å². The number of hydrogen-bond donors (Lipinski definition) is 1. The number of halogens is 1. The first-order valence-electron chi connectivity index (χ1n) is 7.69. The second-order valence-corrected chi connectivity index (χ2v) is 5.85. The van der Waals surface area contributed by atoms with E-state index in [1.54, 1.807) is 0 Å². The van der Waals surface area contributed by atoms with E-state index >= 15 is 0 Å².